The van der Waals surface area contributed by atoms with Gasteiger partial charge in [-0.1, -0.05) is 61.3 Å². The highest BCUT2D eigenvalue weighted by atomic mass is 35.5. The van der Waals surface area contributed by atoms with Gasteiger partial charge in [0.05, 0.1) is 19.6 Å². The summed E-state index contributed by atoms with van der Waals surface area (Å²) in [4.78, 5) is 38.8. The lowest BCUT2D eigenvalue weighted by Crippen LogP contribution is -2.56. The number of methoxy groups -OCH3 is 1. The highest BCUT2D eigenvalue weighted by molar-refractivity contribution is 6.30. The average molecular weight is 639 g/mol. The van der Waals surface area contributed by atoms with Crippen LogP contribution in [0.15, 0.2) is 72.8 Å². The van der Waals surface area contributed by atoms with Gasteiger partial charge in [0.15, 0.2) is 0 Å². The summed E-state index contributed by atoms with van der Waals surface area (Å²) in [5, 5.41) is 5.64. The number of hydrogen-bond acceptors (Lipinski definition) is 5. The molecule has 0 unspecified atom stereocenters. The van der Waals surface area contributed by atoms with Crippen LogP contribution in [-0.4, -0.2) is 43.0 Å². The van der Waals surface area contributed by atoms with Crippen LogP contribution in [0.3, 0.4) is 0 Å². The Morgan fingerprint density at radius 2 is 1.49 bits per heavy atom. The Kier molecular flexibility index (Phi) is 11.9. The van der Waals surface area contributed by atoms with E-state index in [9.17, 15) is 27.6 Å². The number of halogens is 5. The Labute approximate surface area is 257 Å². The predicted octanol–water partition coefficient (Wildman–Crippen LogP) is 6.51. The fraction of sp³-hybridized carbons (Fsp3) is 0.323. The number of benzene rings is 3. The Bertz CT molecular complexity index is 1400. The minimum Gasteiger partial charge on any atom is -0.497 e. The van der Waals surface area contributed by atoms with Crippen LogP contribution in [0.4, 0.5) is 13.2 Å². The Morgan fingerprint density at radius 1 is 0.860 bits per heavy atom. The largest absolute Gasteiger partial charge is 0.497 e. The van der Waals surface area contributed by atoms with Crippen LogP contribution in [0.25, 0.3) is 0 Å². The maximum atomic E-state index is 13.4. The number of carbonyl (C=O) groups excluding carboxylic acids is 3. The van der Waals surface area contributed by atoms with E-state index in [0.29, 0.717) is 32.7 Å². The molecule has 0 bridgehead atoms. The number of alkyl halides is 3. The van der Waals surface area contributed by atoms with Crippen molar-refractivity contribution in [2.45, 2.75) is 51.1 Å². The number of amides is 2. The monoisotopic (exact) mass is 638 g/mol. The quantitative estimate of drug-likeness (QED) is 0.223. The molecule has 43 heavy (non-hydrogen) atoms. The van der Waals surface area contributed by atoms with E-state index in [1.54, 1.807) is 72.8 Å². The summed E-state index contributed by atoms with van der Waals surface area (Å²) < 4.78 is 51.0. The van der Waals surface area contributed by atoms with E-state index in [-0.39, 0.29) is 12.8 Å². The first kappa shape index (κ1) is 33.7. The molecule has 0 aliphatic rings. The third-order valence-electron chi connectivity index (χ3n) is 6.46. The van der Waals surface area contributed by atoms with Gasteiger partial charge in [-0.25, -0.2) is 0 Å². The Balaban J connectivity index is 1.86. The molecule has 12 heteroatoms. The zero-order valence-electron chi connectivity index (χ0n) is 23.6. The molecular weight excluding hydrogens is 608 g/mol. The van der Waals surface area contributed by atoms with Crippen molar-refractivity contribution < 1.29 is 37.0 Å². The van der Waals surface area contributed by atoms with Gasteiger partial charge in [0.2, 0.25) is 11.8 Å². The highest BCUT2D eigenvalue weighted by Crippen LogP contribution is 2.28. The van der Waals surface area contributed by atoms with Crippen LogP contribution in [0.1, 0.15) is 37.5 Å². The van der Waals surface area contributed by atoms with Crippen molar-refractivity contribution in [3.63, 3.8) is 0 Å². The summed E-state index contributed by atoms with van der Waals surface area (Å²) in [6.07, 6.45) is -6.34. The first-order chi connectivity index (χ1) is 20.3. The van der Waals surface area contributed by atoms with E-state index in [1.807, 2.05) is 0 Å². The summed E-state index contributed by atoms with van der Waals surface area (Å²) in [5.74, 6) is -3.49. The smallest absolute Gasteiger partial charge is 0.452 e. The lowest BCUT2D eigenvalue weighted by atomic mass is 9.97. The fourth-order valence-corrected chi connectivity index (χ4v) is 4.56. The van der Waals surface area contributed by atoms with Gasteiger partial charge < -0.3 is 20.1 Å². The van der Waals surface area contributed by atoms with E-state index in [2.05, 4.69) is 10.6 Å². The van der Waals surface area contributed by atoms with Crippen molar-refractivity contribution in [2.24, 2.45) is 5.92 Å². The van der Waals surface area contributed by atoms with Crippen molar-refractivity contribution in [2.75, 3.05) is 7.11 Å². The van der Waals surface area contributed by atoms with Crippen molar-refractivity contribution >= 4 is 40.8 Å². The van der Waals surface area contributed by atoms with Crippen molar-refractivity contribution in [3.8, 4) is 11.5 Å². The molecule has 0 heterocycles. The summed E-state index contributed by atoms with van der Waals surface area (Å²) in [6, 6.07) is 16.7. The van der Waals surface area contributed by atoms with Crippen LogP contribution in [-0.2, 0) is 20.8 Å². The summed E-state index contributed by atoms with van der Waals surface area (Å²) in [5.41, 5.74) is 1.15. The van der Waals surface area contributed by atoms with E-state index in [0.717, 1.165) is 0 Å². The van der Waals surface area contributed by atoms with Gasteiger partial charge in [-0.3, -0.25) is 14.4 Å². The number of nitrogens with one attached hydrogen (secondary N) is 2. The third kappa shape index (κ3) is 10.2. The van der Waals surface area contributed by atoms with E-state index in [4.69, 9.17) is 32.7 Å². The molecule has 3 rings (SSSR count). The second-order valence-corrected chi connectivity index (χ2v) is 11.0. The minimum absolute atomic E-state index is 0.103. The molecule has 3 atom stereocenters. The molecule has 0 saturated heterocycles. The standard InChI is InChI=1S/C31H31Cl2F3N2O5/c1-18(2)28(29(40)31(34,35)36)38-30(41)25(16-19-5-4-6-22(33)15-19)37-27(39)17-26(20-7-9-21(32)10-8-20)43-24-13-11-23(42-3)12-14-24/h4-15,18,25-26,28H,16-17H2,1-3H3,(H,37,39)(H,38,41)/t25-,26-,28-/m0/s1. The molecule has 0 saturated carbocycles. The number of hydrogen-bond donors (Lipinski definition) is 2. The van der Waals surface area contributed by atoms with Gasteiger partial charge in [0.1, 0.15) is 23.6 Å². The van der Waals surface area contributed by atoms with Gasteiger partial charge in [0.25, 0.3) is 5.78 Å². The number of ether oxygens (including phenoxy) is 2. The minimum atomic E-state index is -5.15. The maximum Gasteiger partial charge on any atom is 0.452 e. The molecule has 7 nitrogen and oxygen atoms in total. The molecule has 3 aromatic rings. The number of carbonyl (C=O) groups is 3. The zero-order chi connectivity index (χ0) is 31.7. The molecule has 0 aliphatic heterocycles. The van der Waals surface area contributed by atoms with Crippen LogP contribution >= 0.6 is 23.2 Å². The first-order valence-electron chi connectivity index (χ1n) is 13.3. The van der Waals surface area contributed by atoms with Crippen LogP contribution < -0.4 is 20.1 Å². The molecule has 0 fully saturated rings. The molecule has 230 valence electrons. The molecule has 0 spiro atoms. The summed E-state index contributed by atoms with van der Waals surface area (Å²) in [7, 11) is 1.52. The zero-order valence-corrected chi connectivity index (χ0v) is 25.1. The SMILES string of the molecule is COc1ccc(O[C@@H](CC(=O)N[C@@H](Cc2cccc(Cl)c2)C(=O)N[C@H](C(=O)C(F)(F)F)C(C)C)c2ccc(Cl)cc2)cc1. The first-order valence-corrected chi connectivity index (χ1v) is 14.0. The maximum absolute atomic E-state index is 13.4. The number of rotatable bonds is 13. The normalized spacial score (nSPS) is 13.5. The third-order valence-corrected chi connectivity index (χ3v) is 6.94. The van der Waals surface area contributed by atoms with Gasteiger partial charge in [-0.2, -0.15) is 13.2 Å². The van der Waals surface area contributed by atoms with Gasteiger partial charge in [0, 0.05) is 16.5 Å². The van der Waals surface area contributed by atoms with Gasteiger partial charge >= 0.3 is 6.18 Å². The Hall–Kier alpha value is -3.76. The second-order valence-electron chi connectivity index (χ2n) is 10.1. The Morgan fingerprint density at radius 3 is 2.05 bits per heavy atom. The molecule has 3 aromatic carbocycles. The second kappa shape index (κ2) is 15.1. The van der Waals surface area contributed by atoms with Gasteiger partial charge in [-0.05, 0) is 65.6 Å². The summed E-state index contributed by atoms with van der Waals surface area (Å²) in [6.45, 7) is 2.76. The van der Waals surface area contributed by atoms with Crippen molar-refractivity contribution in [1.82, 2.24) is 10.6 Å². The molecule has 2 amide bonds. The molecule has 2 N–H and O–H groups in total. The highest BCUT2D eigenvalue weighted by Gasteiger charge is 2.45. The van der Waals surface area contributed by atoms with Crippen molar-refractivity contribution in [1.29, 1.82) is 0 Å². The van der Waals surface area contributed by atoms with Gasteiger partial charge in [-0.15, -0.1) is 0 Å². The lowest BCUT2D eigenvalue weighted by Gasteiger charge is -2.26. The molecule has 0 aliphatic carbocycles. The molecule has 0 radical (unpaired) electrons. The molecular formula is C31H31Cl2F3N2O5. The molecule has 0 aromatic heterocycles. The van der Waals surface area contributed by atoms with Crippen LogP contribution in [0.5, 0.6) is 11.5 Å². The van der Waals surface area contributed by atoms with Crippen LogP contribution in [0.2, 0.25) is 10.0 Å². The lowest BCUT2D eigenvalue weighted by molar-refractivity contribution is -0.175. The predicted molar refractivity (Wildman–Crippen MR) is 157 cm³/mol. The van der Waals surface area contributed by atoms with E-state index >= 15 is 0 Å². The van der Waals surface area contributed by atoms with E-state index in [1.165, 1.54) is 21.0 Å². The fourth-order valence-electron chi connectivity index (χ4n) is 4.22. The number of Topliss-reactive ketones (excluding diaryl/α,β-unsaturated/α-hetero) is 1. The summed E-state index contributed by atoms with van der Waals surface area (Å²) >= 11 is 12.1. The van der Waals surface area contributed by atoms with E-state index < -0.39 is 47.9 Å². The van der Waals surface area contributed by atoms with Crippen molar-refractivity contribution in [3.05, 3.63) is 94.0 Å². The number of ketones is 1. The van der Waals surface area contributed by atoms with Crippen LogP contribution in [0, 0.1) is 5.92 Å². The topological polar surface area (TPSA) is 93.7 Å². The average Bonchev–Trinajstić information content (AvgIpc) is 2.95.